The van der Waals surface area contributed by atoms with Crippen LogP contribution in [0.3, 0.4) is 0 Å². The van der Waals surface area contributed by atoms with E-state index in [1.54, 1.807) is 7.11 Å². The zero-order chi connectivity index (χ0) is 13.6. The number of nitrogens with one attached hydrogen (secondary N) is 2. The van der Waals surface area contributed by atoms with Crippen LogP contribution in [-0.2, 0) is 9.47 Å². The predicted molar refractivity (Wildman–Crippen MR) is 70.6 cm³/mol. The molecule has 1 aliphatic heterocycles. The molecular formula is C13H26N2O3. The van der Waals surface area contributed by atoms with Crippen LogP contribution in [0, 0.1) is 5.92 Å². The molecule has 0 radical (unpaired) electrons. The summed E-state index contributed by atoms with van der Waals surface area (Å²) in [5.41, 5.74) is -0.229. The maximum atomic E-state index is 12.0. The molecule has 5 nitrogen and oxygen atoms in total. The molecule has 0 aliphatic carbocycles. The minimum Gasteiger partial charge on any atom is -0.385 e. The molecule has 106 valence electrons. The second-order valence-electron chi connectivity index (χ2n) is 5.59. The van der Waals surface area contributed by atoms with E-state index in [1.165, 1.54) is 0 Å². The quantitative estimate of drug-likeness (QED) is 0.759. The van der Waals surface area contributed by atoms with Gasteiger partial charge in [0.2, 0.25) is 0 Å². The van der Waals surface area contributed by atoms with Gasteiger partial charge >= 0.3 is 6.03 Å². The molecule has 18 heavy (non-hydrogen) atoms. The molecule has 1 fully saturated rings. The first kappa shape index (κ1) is 15.2. The summed E-state index contributed by atoms with van der Waals surface area (Å²) < 4.78 is 10.4. The molecule has 5 heteroatoms. The highest BCUT2D eigenvalue weighted by Gasteiger charge is 2.31. The Morgan fingerprint density at radius 3 is 2.72 bits per heavy atom. The van der Waals surface area contributed by atoms with E-state index in [0.29, 0.717) is 25.7 Å². The second kappa shape index (κ2) is 6.95. The van der Waals surface area contributed by atoms with Crippen molar-refractivity contribution < 1.29 is 14.3 Å². The molecule has 0 saturated carbocycles. The molecule has 0 spiro atoms. The predicted octanol–water partition coefficient (Wildman–Crippen LogP) is 1.53. The highest BCUT2D eigenvalue weighted by Crippen LogP contribution is 2.17. The van der Waals surface area contributed by atoms with Crippen molar-refractivity contribution in [3.63, 3.8) is 0 Å². The number of carbonyl (C=O) groups excluding carboxylic acids is 1. The van der Waals surface area contributed by atoms with Crippen LogP contribution in [0.15, 0.2) is 0 Å². The van der Waals surface area contributed by atoms with Gasteiger partial charge in [0.15, 0.2) is 0 Å². The number of urea groups is 1. The van der Waals surface area contributed by atoms with Gasteiger partial charge < -0.3 is 20.1 Å². The van der Waals surface area contributed by atoms with Gasteiger partial charge in [-0.3, -0.25) is 0 Å². The van der Waals surface area contributed by atoms with Crippen molar-refractivity contribution in [1.29, 1.82) is 0 Å². The number of carbonyl (C=O) groups is 1. The Labute approximate surface area is 110 Å². The summed E-state index contributed by atoms with van der Waals surface area (Å²) in [7, 11) is 1.67. The molecule has 1 heterocycles. The van der Waals surface area contributed by atoms with Crippen LogP contribution in [-0.4, -0.2) is 44.5 Å². The molecule has 1 saturated heterocycles. The molecule has 2 unspecified atom stereocenters. The van der Waals surface area contributed by atoms with E-state index in [2.05, 4.69) is 24.5 Å². The van der Waals surface area contributed by atoms with Gasteiger partial charge in [-0.1, -0.05) is 13.8 Å². The van der Waals surface area contributed by atoms with Gasteiger partial charge in [-0.25, -0.2) is 4.79 Å². The summed E-state index contributed by atoms with van der Waals surface area (Å²) in [5, 5.41) is 6.02. The Morgan fingerprint density at radius 2 is 2.22 bits per heavy atom. The van der Waals surface area contributed by atoms with E-state index in [-0.39, 0.29) is 17.6 Å². The number of hydrogen-bond donors (Lipinski definition) is 2. The van der Waals surface area contributed by atoms with Gasteiger partial charge in [0, 0.05) is 26.4 Å². The van der Waals surface area contributed by atoms with Crippen LogP contribution in [0.1, 0.15) is 33.6 Å². The smallest absolute Gasteiger partial charge is 0.315 e. The van der Waals surface area contributed by atoms with Crippen LogP contribution >= 0.6 is 0 Å². The van der Waals surface area contributed by atoms with Crippen molar-refractivity contribution in [2.75, 3.05) is 26.9 Å². The van der Waals surface area contributed by atoms with Crippen molar-refractivity contribution in [3.8, 4) is 0 Å². The van der Waals surface area contributed by atoms with E-state index in [1.807, 2.05) is 6.92 Å². The molecule has 0 bridgehead atoms. The van der Waals surface area contributed by atoms with Crippen molar-refractivity contribution in [2.45, 2.75) is 45.2 Å². The van der Waals surface area contributed by atoms with Crippen LogP contribution in [0.4, 0.5) is 4.79 Å². The molecule has 2 atom stereocenters. The summed E-state index contributed by atoms with van der Waals surface area (Å²) in [6.45, 7) is 8.17. The molecule has 2 N–H and O–H groups in total. The first-order valence-electron chi connectivity index (χ1n) is 6.62. The van der Waals surface area contributed by atoms with Crippen LogP contribution in [0.5, 0.6) is 0 Å². The third kappa shape index (κ3) is 4.82. The van der Waals surface area contributed by atoms with Gasteiger partial charge in [-0.05, 0) is 25.7 Å². The van der Waals surface area contributed by atoms with Gasteiger partial charge in [-0.15, -0.1) is 0 Å². The molecule has 0 aromatic carbocycles. The lowest BCUT2D eigenvalue weighted by atomic mass is 10.0. The van der Waals surface area contributed by atoms with E-state index in [4.69, 9.17) is 9.47 Å². The molecule has 1 aliphatic rings. The summed E-state index contributed by atoms with van der Waals surface area (Å²) in [6, 6.07) is 0.0219. The zero-order valence-corrected chi connectivity index (χ0v) is 11.9. The number of methoxy groups -OCH3 is 1. The van der Waals surface area contributed by atoms with Crippen LogP contribution < -0.4 is 10.6 Å². The lowest BCUT2D eigenvalue weighted by Crippen LogP contribution is -2.53. The monoisotopic (exact) mass is 258 g/mol. The third-order valence-electron chi connectivity index (χ3n) is 3.39. The summed E-state index contributed by atoms with van der Waals surface area (Å²) in [6.07, 6.45) is 1.69. The lowest BCUT2D eigenvalue weighted by Gasteiger charge is -2.27. The maximum Gasteiger partial charge on any atom is 0.315 e. The van der Waals surface area contributed by atoms with Crippen molar-refractivity contribution in [2.24, 2.45) is 5.92 Å². The molecule has 1 rings (SSSR count). The van der Waals surface area contributed by atoms with Gasteiger partial charge in [0.25, 0.3) is 0 Å². The van der Waals surface area contributed by atoms with Crippen LogP contribution in [0.2, 0.25) is 0 Å². The van der Waals surface area contributed by atoms with E-state index in [0.717, 1.165) is 12.8 Å². The molecular weight excluding hydrogens is 232 g/mol. The van der Waals surface area contributed by atoms with Crippen LogP contribution in [0.25, 0.3) is 0 Å². The highest BCUT2D eigenvalue weighted by molar-refractivity contribution is 5.75. The van der Waals surface area contributed by atoms with Gasteiger partial charge in [0.1, 0.15) is 0 Å². The van der Waals surface area contributed by atoms with Crippen molar-refractivity contribution >= 4 is 6.03 Å². The fraction of sp³-hybridized carbons (Fsp3) is 0.923. The average molecular weight is 258 g/mol. The standard InChI is InChI=1S/C13H26N2O3/c1-10(2)11(5-7-17-4)14-12(16)15-13(3)6-8-18-9-13/h10-11H,5-9H2,1-4H3,(H2,14,15,16). The number of rotatable bonds is 6. The maximum absolute atomic E-state index is 12.0. The van der Waals surface area contributed by atoms with Crippen molar-refractivity contribution in [3.05, 3.63) is 0 Å². The minimum atomic E-state index is -0.229. The second-order valence-corrected chi connectivity index (χ2v) is 5.59. The Bertz CT molecular complexity index is 263. The average Bonchev–Trinajstić information content (AvgIpc) is 2.70. The largest absolute Gasteiger partial charge is 0.385 e. The topological polar surface area (TPSA) is 59.6 Å². The number of hydrogen-bond acceptors (Lipinski definition) is 3. The Balaban J connectivity index is 2.40. The summed E-state index contributed by atoms with van der Waals surface area (Å²) in [5.74, 6) is 0.388. The van der Waals surface area contributed by atoms with Gasteiger partial charge in [0.05, 0.1) is 12.1 Å². The molecule has 0 aromatic rings. The normalized spacial score (nSPS) is 25.2. The lowest BCUT2D eigenvalue weighted by molar-refractivity contribution is 0.163. The van der Waals surface area contributed by atoms with Gasteiger partial charge in [-0.2, -0.15) is 0 Å². The van der Waals surface area contributed by atoms with Crippen molar-refractivity contribution in [1.82, 2.24) is 10.6 Å². The third-order valence-corrected chi connectivity index (χ3v) is 3.39. The summed E-state index contributed by atoms with van der Waals surface area (Å²) >= 11 is 0. The highest BCUT2D eigenvalue weighted by atomic mass is 16.5. The fourth-order valence-corrected chi connectivity index (χ4v) is 2.06. The Kier molecular flexibility index (Phi) is 5.88. The number of amides is 2. The first-order valence-corrected chi connectivity index (χ1v) is 6.62. The van der Waals surface area contributed by atoms with E-state index in [9.17, 15) is 4.79 Å². The zero-order valence-electron chi connectivity index (χ0n) is 11.9. The summed E-state index contributed by atoms with van der Waals surface area (Å²) in [4.78, 5) is 12.0. The number of ether oxygens (including phenoxy) is 2. The SMILES string of the molecule is COCCC(NC(=O)NC1(C)CCOC1)C(C)C. The van der Waals surface area contributed by atoms with E-state index < -0.39 is 0 Å². The molecule has 2 amide bonds. The fourth-order valence-electron chi connectivity index (χ4n) is 2.06. The Hall–Kier alpha value is -0.810. The Morgan fingerprint density at radius 1 is 1.50 bits per heavy atom. The molecule has 0 aromatic heterocycles. The minimum absolute atomic E-state index is 0.113. The first-order chi connectivity index (χ1) is 8.47. The van der Waals surface area contributed by atoms with E-state index >= 15 is 0 Å².